The Morgan fingerprint density at radius 2 is 1.70 bits per heavy atom. The van der Waals surface area contributed by atoms with Crippen LogP contribution in [0, 0.1) is 25.5 Å². The van der Waals surface area contributed by atoms with Crippen molar-refractivity contribution in [2.45, 2.75) is 27.3 Å². The summed E-state index contributed by atoms with van der Waals surface area (Å²) in [5.41, 5.74) is 5.17. The molecule has 0 saturated carbocycles. The lowest BCUT2D eigenvalue weighted by Crippen LogP contribution is -2.25. The average molecular weight is 377 g/mol. The number of aromatic amines is 2. The number of aryl methyl sites for hydroxylation is 3. The lowest BCUT2D eigenvalue weighted by atomic mass is 9.94. The van der Waals surface area contributed by atoms with Crippen LogP contribution in [0.4, 0.5) is 0 Å². The molecule has 0 unspecified atom stereocenters. The second-order valence-electron chi connectivity index (χ2n) is 6.74. The molecule has 4 aromatic rings. The number of fused-ring (bicyclic) bond motifs is 1. The van der Waals surface area contributed by atoms with E-state index in [9.17, 15) is 4.79 Å². The zero-order valence-electron chi connectivity index (χ0n) is 15.3. The first-order valence-corrected chi connectivity index (χ1v) is 9.06. The minimum absolute atomic E-state index is 0.154. The van der Waals surface area contributed by atoms with Gasteiger partial charge in [-0.3, -0.25) is 15.0 Å². The predicted molar refractivity (Wildman–Crippen MR) is 109 cm³/mol. The van der Waals surface area contributed by atoms with E-state index in [0.29, 0.717) is 16.0 Å². The molecule has 0 spiro atoms. The third-order valence-corrected chi connectivity index (χ3v) is 4.82. The summed E-state index contributed by atoms with van der Waals surface area (Å²) < 4.78 is 1.79. The minimum atomic E-state index is -0.154. The minimum Gasteiger partial charge on any atom is -0.284 e. The molecule has 0 aliphatic carbocycles. The molecule has 0 atom stereocenters. The first-order valence-electron chi connectivity index (χ1n) is 8.65. The normalized spacial score (nSPS) is 11.2. The van der Waals surface area contributed by atoms with Crippen LogP contribution in [0.3, 0.4) is 0 Å². The number of benzene rings is 2. The second kappa shape index (κ2) is 6.59. The Hall–Kier alpha value is -3.06. The molecule has 0 bridgehead atoms. The third-order valence-electron chi connectivity index (χ3n) is 4.63. The molecule has 0 radical (unpaired) electrons. The third kappa shape index (κ3) is 3.10. The van der Waals surface area contributed by atoms with Crippen LogP contribution < -0.4 is 5.56 Å². The van der Waals surface area contributed by atoms with Crippen LogP contribution in [-0.2, 0) is 6.54 Å². The van der Waals surface area contributed by atoms with Crippen molar-refractivity contribution >= 4 is 23.0 Å². The molecule has 136 valence electrons. The topological polar surface area (TPSA) is 79.4 Å². The van der Waals surface area contributed by atoms with Gasteiger partial charge in [-0.05, 0) is 50.2 Å². The highest BCUT2D eigenvalue weighted by Crippen LogP contribution is 2.31. The summed E-state index contributed by atoms with van der Waals surface area (Å²) in [6, 6.07) is 11.9. The maximum absolute atomic E-state index is 13.0. The zero-order valence-corrected chi connectivity index (χ0v) is 16.1. The fourth-order valence-corrected chi connectivity index (χ4v) is 3.76. The van der Waals surface area contributed by atoms with Gasteiger partial charge in [-0.2, -0.15) is 5.10 Å². The second-order valence-corrected chi connectivity index (χ2v) is 7.13. The Bertz CT molecular complexity index is 1260. The molecule has 0 aliphatic rings. The molecule has 0 saturated heterocycles. The Morgan fingerprint density at radius 3 is 2.33 bits per heavy atom. The van der Waals surface area contributed by atoms with Gasteiger partial charge in [0.25, 0.3) is 5.56 Å². The summed E-state index contributed by atoms with van der Waals surface area (Å²) in [4.78, 5) is 17.1. The lowest BCUT2D eigenvalue weighted by Gasteiger charge is -2.15. The average Bonchev–Trinajstić information content (AvgIpc) is 3.03. The van der Waals surface area contributed by atoms with E-state index in [1.807, 2.05) is 24.3 Å². The molecule has 6 nitrogen and oxygen atoms in total. The van der Waals surface area contributed by atoms with Crippen LogP contribution in [-0.4, -0.2) is 25.0 Å². The van der Waals surface area contributed by atoms with Crippen molar-refractivity contribution in [1.82, 2.24) is 25.0 Å². The Kier molecular flexibility index (Phi) is 4.24. The van der Waals surface area contributed by atoms with E-state index < -0.39 is 0 Å². The Balaban J connectivity index is 2.02. The number of hydrogen-bond acceptors (Lipinski definition) is 4. The summed E-state index contributed by atoms with van der Waals surface area (Å²) in [5.74, 6) is 0.563. The van der Waals surface area contributed by atoms with Crippen LogP contribution in [0.1, 0.15) is 22.5 Å². The molecule has 0 amide bonds. The lowest BCUT2D eigenvalue weighted by molar-refractivity contribution is 0.626. The fourth-order valence-electron chi connectivity index (χ4n) is 3.60. The summed E-state index contributed by atoms with van der Waals surface area (Å²) in [7, 11) is 0. The van der Waals surface area contributed by atoms with Crippen LogP contribution in [0.25, 0.3) is 22.0 Å². The summed E-state index contributed by atoms with van der Waals surface area (Å²) in [5, 5.41) is 11.8. The highest BCUT2D eigenvalue weighted by atomic mass is 32.1. The molecule has 7 heteroatoms. The van der Waals surface area contributed by atoms with E-state index in [1.165, 1.54) is 10.2 Å². The van der Waals surface area contributed by atoms with Gasteiger partial charge in [0.05, 0.1) is 11.1 Å². The molecule has 2 N–H and O–H groups in total. The molecule has 0 aliphatic heterocycles. The molecule has 2 aromatic heterocycles. The highest BCUT2D eigenvalue weighted by Gasteiger charge is 2.16. The molecule has 2 aromatic carbocycles. The quantitative estimate of drug-likeness (QED) is 0.532. The first kappa shape index (κ1) is 17.4. The van der Waals surface area contributed by atoms with E-state index in [-0.39, 0.29) is 12.1 Å². The van der Waals surface area contributed by atoms with E-state index in [0.717, 1.165) is 27.8 Å². The van der Waals surface area contributed by atoms with E-state index in [1.54, 1.807) is 0 Å². The van der Waals surface area contributed by atoms with E-state index in [2.05, 4.69) is 48.1 Å². The molecule has 0 fully saturated rings. The molecule has 27 heavy (non-hydrogen) atoms. The van der Waals surface area contributed by atoms with Gasteiger partial charge >= 0.3 is 0 Å². The van der Waals surface area contributed by atoms with Crippen LogP contribution >= 0.6 is 12.2 Å². The highest BCUT2D eigenvalue weighted by molar-refractivity contribution is 7.71. The van der Waals surface area contributed by atoms with E-state index in [4.69, 9.17) is 17.3 Å². The molecular formula is C20H19N5OS. The van der Waals surface area contributed by atoms with Crippen molar-refractivity contribution in [3.63, 3.8) is 0 Å². The van der Waals surface area contributed by atoms with Crippen LogP contribution in [0.5, 0.6) is 0 Å². The smallest absolute Gasteiger partial charge is 0.275 e. The van der Waals surface area contributed by atoms with Crippen LogP contribution in [0.15, 0.2) is 41.2 Å². The zero-order chi connectivity index (χ0) is 19.1. The van der Waals surface area contributed by atoms with Crippen molar-refractivity contribution in [3.8, 4) is 11.3 Å². The Labute approximate surface area is 160 Å². The van der Waals surface area contributed by atoms with Crippen molar-refractivity contribution < 1.29 is 0 Å². The number of nitrogens with zero attached hydrogens (tertiary/aromatic N) is 3. The van der Waals surface area contributed by atoms with Crippen molar-refractivity contribution in [3.05, 3.63) is 74.0 Å². The number of aromatic nitrogens is 5. The number of hydrogen-bond donors (Lipinski definition) is 2. The van der Waals surface area contributed by atoms with Gasteiger partial charge in [0.1, 0.15) is 12.4 Å². The van der Waals surface area contributed by atoms with Crippen molar-refractivity contribution in [2.24, 2.45) is 0 Å². The molecular weight excluding hydrogens is 358 g/mol. The standard InChI is InChI=1S/C20H19N5OS/c1-11-8-12(2)17(13(3)9-11)18-14-6-4-5-7-15(14)19(26)25(24-18)10-16-21-20(27)23-22-16/h4-9H,10H2,1-3H3,(H2,21,22,23,27). The van der Waals surface area contributed by atoms with Crippen LogP contribution in [0.2, 0.25) is 0 Å². The van der Waals surface area contributed by atoms with Gasteiger partial charge < -0.3 is 0 Å². The summed E-state index contributed by atoms with van der Waals surface area (Å²) in [6.07, 6.45) is 0. The number of H-pyrrole nitrogens is 2. The summed E-state index contributed by atoms with van der Waals surface area (Å²) >= 11 is 5.00. The molecule has 2 heterocycles. The maximum atomic E-state index is 13.0. The van der Waals surface area contributed by atoms with Gasteiger partial charge in [0.15, 0.2) is 0 Å². The SMILES string of the molecule is Cc1cc(C)c(-c2nn(Cc3nc(=S)[nH][nH]3)c(=O)c3ccccc23)c(C)c1. The van der Waals surface area contributed by atoms with Gasteiger partial charge in [-0.1, -0.05) is 35.9 Å². The fraction of sp³-hybridized carbons (Fsp3) is 0.200. The predicted octanol–water partition coefficient (Wildman–Crippen LogP) is 3.82. The summed E-state index contributed by atoms with van der Waals surface area (Å²) in [6.45, 7) is 6.45. The van der Waals surface area contributed by atoms with Gasteiger partial charge in [-0.25, -0.2) is 9.67 Å². The van der Waals surface area contributed by atoms with Gasteiger partial charge in [-0.15, -0.1) is 0 Å². The number of nitrogens with one attached hydrogen (secondary N) is 2. The Morgan fingerprint density at radius 1 is 1.04 bits per heavy atom. The van der Waals surface area contributed by atoms with Gasteiger partial charge in [0, 0.05) is 10.9 Å². The van der Waals surface area contributed by atoms with E-state index >= 15 is 0 Å². The van der Waals surface area contributed by atoms with Gasteiger partial charge in [0.2, 0.25) is 4.77 Å². The first-order chi connectivity index (χ1) is 12.9. The van der Waals surface area contributed by atoms with Crippen molar-refractivity contribution in [2.75, 3.05) is 0 Å². The number of rotatable bonds is 3. The molecule has 4 rings (SSSR count). The monoisotopic (exact) mass is 377 g/mol. The largest absolute Gasteiger partial charge is 0.284 e. The maximum Gasteiger partial charge on any atom is 0.275 e. The van der Waals surface area contributed by atoms with Crippen molar-refractivity contribution in [1.29, 1.82) is 0 Å².